The highest BCUT2D eigenvalue weighted by molar-refractivity contribution is 5.87. The largest absolute Gasteiger partial charge is 0.376 e. The summed E-state index contributed by atoms with van der Waals surface area (Å²) >= 11 is 0. The number of nitrogens with two attached hydrogens (primary N) is 1. The molecular formula is C15H22N2O2. The first-order valence-electron chi connectivity index (χ1n) is 6.68. The van der Waals surface area contributed by atoms with Gasteiger partial charge < -0.3 is 15.4 Å². The van der Waals surface area contributed by atoms with E-state index in [0.29, 0.717) is 6.61 Å². The first-order valence-corrected chi connectivity index (χ1v) is 6.68. The average Bonchev–Trinajstić information content (AvgIpc) is 2.84. The second-order valence-corrected chi connectivity index (χ2v) is 5.42. The monoisotopic (exact) mass is 262 g/mol. The van der Waals surface area contributed by atoms with Gasteiger partial charge in [0.25, 0.3) is 0 Å². The van der Waals surface area contributed by atoms with Crippen LogP contribution in [0.5, 0.6) is 0 Å². The Morgan fingerprint density at radius 3 is 2.58 bits per heavy atom. The minimum Gasteiger partial charge on any atom is -0.376 e. The van der Waals surface area contributed by atoms with E-state index in [9.17, 15) is 4.79 Å². The van der Waals surface area contributed by atoms with Gasteiger partial charge in [-0.2, -0.15) is 0 Å². The predicted molar refractivity (Wildman–Crippen MR) is 74.6 cm³/mol. The molecule has 0 aliphatic carbocycles. The number of nitrogens with zero attached hydrogens (tertiary/aromatic N) is 1. The van der Waals surface area contributed by atoms with Crippen molar-refractivity contribution in [3.63, 3.8) is 0 Å². The number of carbonyl (C=O) groups is 1. The molecule has 1 saturated heterocycles. The van der Waals surface area contributed by atoms with Gasteiger partial charge in [0, 0.05) is 13.7 Å². The van der Waals surface area contributed by atoms with E-state index in [-0.39, 0.29) is 18.1 Å². The van der Waals surface area contributed by atoms with E-state index in [4.69, 9.17) is 10.5 Å². The smallest absolute Gasteiger partial charge is 0.247 e. The number of hydrogen-bond donors (Lipinski definition) is 1. The number of ether oxygens (including phenoxy) is 1. The fraction of sp³-hybridized carbons (Fsp3) is 0.533. The molecule has 1 fully saturated rings. The Morgan fingerprint density at radius 1 is 1.42 bits per heavy atom. The lowest BCUT2D eigenvalue weighted by Crippen LogP contribution is -2.53. The van der Waals surface area contributed by atoms with Crippen LogP contribution in [0.3, 0.4) is 0 Å². The first kappa shape index (κ1) is 14.0. The van der Waals surface area contributed by atoms with Crippen LogP contribution >= 0.6 is 0 Å². The topological polar surface area (TPSA) is 55.6 Å². The Bertz CT molecular complexity index is 445. The van der Waals surface area contributed by atoms with Crippen LogP contribution in [0.25, 0.3) is 0 Å². The summed E-state index contributed by atoms with van der Waals surface area (Å²) in [5.41, 5.74) is 6.09. The zero-order chi connectivity index (χ0) is 14.0. The van der Waals surface area contributed by atoms with Gasteiger partial charge in [-0.05, 0) is 25.8 Å². The van der Waals surface area contributed by atoms with Crippen molar-refractivity contribution in [2.45, 2.75) is 38.0 Å². The number of hydrogen-bond acceptors (Lipinski definition) is 3. The molecule has 0 saturated carbocycles. The number of likely N-dealkylation sites (N-methyl/N-ethyl adjacent to an activating group) is 1. The van der Waals surface area contributed by atoms with E-state index in [1.807, 2.05) is 44.3 Å². The van der Waals surface area contributed by atoms with Gasteiger partial charge >= 0.3 is 0 Å². The molecule has 0 radical (unpaired) electrons. The van der Waals surface area contributed by atoms with E-state index in [2.05, 4.69) is 0 Å². The molecule has 0 bridgehead atoms. The third-order valence-electron chi connectivity index (χ3n) is 3.97. The molecule has 1 aliphatic heterocycles. The Labute approximate surface area is 114 Å². The van der Waals surface area contributed by atoms with Crippen LogP contribution in [-0.2, 0) is 15.1 Å². The molecule has 3 atom stereocenters. The van der Waals surface area contributed by atoms with Gasteiger partial charge in [-0.1, -0.05) is 30.3 Å². The fourth-order valence-corrected chi connectivity index (χ4v) is 2.65. The Balaban J connectivity index is 2.18. The van der Waals surface area contributed by atoms with Crippen LogP contribution in [0.1, 0.15) is 25.8 Å². The van der Waals surface area contributed by atoms with Crippen LogP contribution in [0.4, 0.5) is 0 Å². The normalized spacial score (nSPS) is 25.9. The van der Waals surface area contributed by atoms with Gasteiger partial charge in [0.2, 0.25) is 5.91 Å². The third kappa shape index (κ3) is 2.65. The maximum atomic E-state index is 12.6. The van der Waals surface area contributed by atoms with Crippen molar-refractivity contribution in [2.75, 3.05) is 13.7 Å². The van der Waals surface area contributed by atoms with Crippen molar-refractivity contribution >= 4 is 5.91 Å². The predicted octanol–water partition coefficient (Wildman–Crippen LogP) is 1.50. The summed E-state index contributed by atoms with van der Waals surface area (Å²) in [7, 11) is 1.81. The van der Waals surface area contributed by atoms with E-state index in [1.165, 1.54) is 0 Å². The molecule has 104 valence electrons. The average molecular weight is 262 g/mol. The van der Waals surface area contributed by atoms with Gasteiger partial charge in [-0.3, -0.25) is 4.79 Å². The Morgan fingerprint density at radius 2 is 2.05 bits per heavy atom. The lowest BCUT2D eigenvalue weighted by Gasteiger charge is -2.34. The Hall–Kier alpha value is -1.39. The summed E-state index contributed by atoms with van der Waals surface area (Å²) in [6.45, 7) is 4.47. The van der Waals surface area contributed by atoms with Crippen LogP contribution in [0, 0.1) is 0 Å². The van der Waals surface area contributed by atoms with E-state index >= 15 is 0 Å². The van der Waals surface area contributed by atoms with E-state index < -0.39 is 5.54 Å². The zero-order valence-electron chi connectivity index (χ0n) is 11.8. The van der Waals surface area contributed by atoms with Gasteiger partial charge in [0.15, 0.2) is 0 Å². The minimum atomic E-state index is -1.00. The van der Waals surface area contributed by atoms with Crippen LogP contribution in [0.2, 0.25) is 0 Å². The van der Waals surface area contributed by atoms with Crippen LogP contribution in [-0.4, -0.2) is 36.6 Å². The molecule has 0 spiro atoms. The van der Waals surface area contributed by atoms with Crippen molar-refractivity contribution in [3.05, 3.63) is 35.9 Å². The molecule has 19 heavy (non-hydrogen) atoms. The number of carbonyl (C=O) groups excluding carboxylic acids is 1. The van der Waals surface area contributed by atoms with Crippen molar-refractivity contribution in [1.82, 2.24) is 4.90 Å². The second kappa shape index (κ2) is 5.31. The summed E-state index contributed by atoms with van der Waals surface area (Å²) in [5, 5.41) is 0. The van der Waals surface area contributed by atoms with Crippen LogP contribution in [0.15, 0.2) is 30.3 Å². The summed E-state index contributed by atoms with van der Waals surface area (Å²) in [6, 6.07) is 9.60. The molecular weight excluding hydrogens is 240 g/mol. The minimum absolute atomic E-state index is 0.0685. The van der Waals surface area contributed by atoms with Gasteiger partial charge in [-0.15, -0.1) is 0 Å². The molecule has 1 aliphatic rings. The summed E-state index contributed by atoms with van der Waals surface area (Å²) < 4.78 is 5.52. The van der Waals surface area contributed by atoms with Crippen molar-refractivity contribution in [3.8, 4) is 0 Å². The molecule has 1 amide bonds. The standard InChI is InChI=1S/C15H22N2O2/c1-11-13(9-10-19-11)17(3)14(18)15(2,16)12-7-5-4-6-8-12/h4-8,11,13H,9-10,16H2,1-3H3. The molecule has 1 aromatic carbocycles. The molecule has 2 rings (SSSR count). The molecule has 3 unspecified atom stereocenters. The fourth-order valence-electron chi connectivity index (χ4n) is 2.65. The first-order chi connectivity index (χ1) is 8.94. The SMILES string of the molecule is CC1OCCC1N(C)C(=O)C(C)(N)c1ccccc1. The van der Waals surface area contributed by atoms with Crippen molar-refractivity contribution < 1.29 is 9.53 Å². The highest BCUT2D eigenvalue weighted by Crippen LogP contribution is 2.25. The van der Waals surface area contributed by atoms with Gasteiger partial charge in [-0.25, -0.2) is 0 Å². The summed E-state index contributed by atoms with van der Waals surface area (Å²) in [6.07, 6.45) is 0.939. The molecule has 1 aromatic rings. The number of benzene rings is 1. The highest BCUT2D eigenvalue weighted by atomic mass is 16.5. The second-order valence-electron chi connectivity index (χ2n) is 5.42. The molecule has 2 N–H and O–H groups in total. The summed E-state index contributed by atoms with van der Waals surface area (Å²) in [4.78, 5) is 14.4. The number of rotatable bonds is 3. The molecule has 4 heteroatoms. The Kier molecular flexibility index (Phi) is 3.92. The van der Waals surface area contributed by atoms with Gasteiger partial charge in [0.1, 0.15) is 5.54 Å². The van der Waals surface area contributed by atoms with Crippen molar-refractivity contribution in [1.29, 1.82) is 0 Å². The van der Waals surface area contributed by atoms with E-state index in [0.717, 1.165) is 12.0 Å². The summed E-state index contributed by atoms with van der Waals surface area (Å²) in [5.74, 6) is -0.0685. The van der Waals surface area contributed by atoms with E-state index in [1.54, 1.807) is 11.8 Å². The zero-order valence-corrected chi connectivity index (χ0v) is 11.8. The third-order valence-corrected chi connectivity index (χ3v) is 3.97. The molecule has 1 heterocycles. The van der Waals surface area contributed by atoms with Crippen molar-refractivity contribution in [2.24, 2.45) is 5.73 Å². The highest BCUT2D eigenvalue weighted by Gasteiger charge is 2.38. The van der Waals surface area contributed by atoms with Crippen LogP contribution < -0.4 is 5.73 Å². The quantitative estimate of drug-likeness (QED) is 0.898. The maximum absolute atomic E-state index is 12.6. The maximum Gasteiger partial charge on any atom is 0.247 e. The van der Waals surface area contributed by atoms with Gasteiger partial charge in [0.05, 0.1) is 12.1 Å². The lowest BCUT2D eigenvalue weighted by atomic mass is 9.91. The number of amides is 1. The molecule has 0 aromatic heterocycles. The molecule has 4 nitrogen and oxygen atoms in total. The lowest BCUT2D eigenvalue weighted by molar-refractivity contribution is -0.138.